The van der Waals surface area contributed by atoms with E-state index in [1.165, 1.54) is 17.7 Å². The minimum atomic E-state index is -0.829. The van der Waals surface area contributed by atoms with Gasteiger partial charge in [-0.1, -0.05) is 45.0 Å². The van der Waals surface area contributed by atoms with Crippen LogP contribution in [0.1, 0.15) is 44.7 Å². The quantitative estimate of drug-likeness (QED) is 0.209. The molecule has 40 heavy (non-hydrogen) atoms. The van der Waals surface area contributed by atoms with Gasteiger partial charge in [-0.2, -0.15) is 5.10 Å². The molecule has 2 amide bonds. The first-order chi connectivity index (χ1) is 19.1. The average Bonchev–Trinajstić information content (AvgIpc) is 3.36. The number of hydrogen-bond acceptors (Lipinski definition) is 6. The number of primary amides is 1. The van der Waals surface area contributed by atoms with E-state index in [0.29, 0.717) is 13.0 Å². The largest absolute Gasteiger partial charge is 0.508 e. The third kappa shape index (κ3) is 7.47. The predicted molar refractivity (Wildman–Crippen MR) is 156 cm³/mol. The molecule has 0 bridgehead atoms. The summed E-state index contributed by atoms with van der Waals surface area (Å²) in [6.45, 7) is 7.06. The highest BCUT2D eigenvalue weighted by molar-refractivity contribution is 5.86. The van der Waals surface area contributed by atoms with E-state index >= 15 is 0 Å². The van der Waals surface area contributed by atoms with Gasteiger partial charge in [0, 0.05) is 43.4 Å². The van der Waals surface area contributed by atoms with Crippen LogP contribution < -0.4 is 16.4 Å². The fourth-order valence-electron chi connectivity index (χ4n) is 4.28. The Hall–Kier alpha value is -4.66. The highest BCUT2D eigenvalue weighted by Gasteiger charge is 2.19. The Labute approximate surface area is 234 Å². The summed E-state index contributed by atoms with van der Waals surface area (Å²) in [5.41, 5.74) is 10.2. The first-order valence-electron chi connectivity index (χ1n) is 13.3. The first-order valence-corrected chi connectivity index (χ1v) is 13.3. The number of anilines is 1. The van der Waals surface area contributed by atoms with Crippen molar-refractivity contribution in [3.63, 3.8) is 0 Å². The average molecular weight is 541 g/mol. The highest BCUT2D eigenvalue weighted by Crippen LogP contribution is 2.27. The molecule has 4 aromatic rings. The minimum absolute atomic E-state index is 0.0444. The lowest BCUT2D eigenvalue weighted by molar-refractivity contribution is -0.127. The van der Waals surface area contributed by atoms with Crippen LogP contribution in [-0.4, -0.2) is 44.3 Å². The molecule has 2 aromatic heterocycles. The number of aromatic hydroxyl groups is 1. The SMILES string of the molecule is CC(C)(C)c1ccc(-n2nc(-c3cccnc3)cc2NCCCC(=O)N[C@@H](Cc2ccc(O)cc2)C(N)=O)cc1. The van der Waals surface area contributed by atoms with E-state index in [4.69, 9.17) is 10.8 Å². The maximum atomic E-state index is 12.6. The number of amides is 2. The lowest BCUT2D eigenvalue weighted by Crippen LogP contribution is -2.45. The van der Waals surface area contributed by atoms with Crippen molar-refractivity contribution in [2.75, 3.05) is 11.9 Å². The van der Waals surface area contributed by atoms with E-state index in [1.54, 1.807) is 24.5 Å². The van der Waals surface area contributed by atoms with Gasteiger partial charge in [-0.3, -0.25) is 14.6 Å². The van der Waals surface area contributed by atoms with E-state index in [2.05, 4.69) is 60.7 Å². The maximum Gasteiger partial charge on any atom is 0.240 e. The van der Waals surface area contributed by atoms with E-state index in [0.717, 1.165) is 28.3 Å². The Balaban J connectivity index is 1.40. The molecule has 0 saturated heterocycles. The van der Waals surface area contributed by atoms with Crippen molar-refractivity contribution in [3.05, 3.63) is 90.3 Å². The second kappa shape index (κ2) is 12.5. The van der Waals surface area contributed by atoms with Crippen LogP contribution in [-0.2, 0) is 21.4 Å². The van der Waals surface area contributed by atoms with Gasteiger partial charge in [0.25, 0.3) is 0 Å². The summed E-state index contributed by atoms with van der Waals surface area (Å²) in [5, 5.41) is 20.4. The molecular weight excluding hydrogens is 504 g/mol. The van der Waals surface area contributed by atoms with E-state index in [9.17, 15) is 14.7 Å². The number of aromatic nitrogens is 3. The second-order valence-corrected chi connectivity index (χ2v) is 10.8. The molecule has 9 heteroatoms. The fraction of sp³-hybridized carbons (Fsp3) is 0.290. The highest BCUT2D eigenvalue weighted by atomic mass is 16.3. The summed E-state index contributed by atoms with van der Waals surface area (Å²) in [4.78, 5) is 28.7. The van der Waals surface area contributed by atoms with Gasteiger partial charge in [-0.25, -0.2) is 4.68 Å². The zero-order valence-electron chi connectivity index (χ0n) is 23.1. The van der Waals surface area contributed by atoms with Crippen LogP contribution in [0.4, 0.5) is 5.82 Å². The monoisotopic (exact) mass is 540 g/mol. The Morgan fingerprint density at radius 2 is 1.77 bits per heavy atom. The van der Waals surface area contributed by atoms with Crippen molar-refractivity contribution < 1.29 is 14.7 Å². The van der Waals surface area contributed by atoms with Crippen molar-refractivity contribution >= 4 is 17.6 Å². The van der Waals surface area contributed by atoms with Crippen molar-refractivity contribution in [2.24, 2.45) is 5.73 Å². The molecule has 0 aliphatic rings. The molecule has 0 spiro atoms. The molecule has 9 nitrogen and oxygen atoms in total. The molecular formula is C31H36N6O3. The Kier molecular flexibility index (Phi) is 8.83. The second-order valence-electron chi connectivity index (χ2n) is 10.8. The summed E-state index contributed by atoms with van der Waals surface area (Å²) in [6.07, 6.45) is 4.51. The van der Waals surface area contributed by atoms with Crippen LogP contribution in [0.3, 0.4) is 0 Å². The van der Waals surface area contributed by atoms with Crippen LogP contribution >= 0.6 is 0 Å². The number of nitrogens with zero attached hydrogens (tertiary/aromatic N) is 3. The molecule has 1 atom stereocenters. The van der Waals surface area contributed by atoms with Crippen molar-refractivity contribution in [1.29, 1.82) is 0 Å². The van der Waals surface area contributed by atoms with Crippen LogP contribution in [0.2, 0.25) is 0 Å². The number of carbonyl (C=O) groups excluding carboxylic acids is 2. The zero-order chi connectivity index (χ0) is 28.7. The van der Waals surface area contributed by atoms with Crippen LogP contribution in [0.15, 0.2) is 79.1 Å². The van der Waals surface area contributed by atoms with Gasteiger partial charge in [0.05, 0.1) is 11.4 Å². The van der Waals surface area contributed by atoms with E-state index < -0.39 is 11.9 Å². The number of rotatable bonds is 11. The standard InChI is InChI=1S/C31H36N6O3/c1-31(2,3)23-10-12-24(13-11-23)37-28(19-26(36-37)22-6-4-16-33-20-22)34-17-5-7-29(39)35-27(30(32)40)18-21-8-14-25(38)15-9-21/h4,6,8-16,19-20,27,34,38H,5,7,17-18H2,1-3H3,(H2,32,40)(H,35,39)/t27-/m0/s1. The number of benzene rings is 2. The summed E-state index contributed by atoms with van der Waals surface area (Å²) in [5.74, 6) is 0.0624. The summed E-state index contributed by atoms with van der Waals surface area (Å²) < 4.78 is 1.86. The third-order valence-corrected chi connectivity index (χ3v) is 6.59. The van der Waals surface area contributed by atoms with E-state index in [1.807, 2.05) is 22.9 Å². The molecule has 2 heterocycles. The molecule has 0 saturated carbocycles. The number of nitrogens with one attached hydrogen (secondary N) is 2. The van der Waals surface area contributed by atoms with Crippen molar-refractivity contribution in [3.8, 4) is 22.7 Å². The molecule has 208 valence electrons. The molecule has 5 N–H and O–H groups in total. The Morgan fingerprint density at radius 3 is 2.40 bits per heavy atom. The lowest BCUT2D eigenvalue weighted by Gasteiger charge is -2.19. The van der Waals surface area contributed by atoms with Gasteiger partial charge in [0.15, 0.2) is 0 Å². The van der Waals surface area contributed by atoms with Gasteiger partial charge >= 0.3 is 0 Å². The number of pyridine rings is 1. The van der Waals surface area contributed by atoms with Crippen LogP contribution in [0, 0.1) is 0 Å². The molecule has 0 fully saturated rings. The Morgan fingerprint density at radius 1 is 1.05 bits per heavy atom. The zero-order valence-corrected chi connectivity index (χ0v) is 23.1. The fourth-order valence-corrected chi connectivity index (χ4v) is 4.28. The molecule has 4 rings (SSSR count). The topological polar surface area (TPSA) is 135 Å². The predicted octanol–water partition coefficient (Wildman–Crippen LogP) is 4.34. The van der Waals surface area contributed by atoms with Gasteiger partial charge in [0.1, 0.15) is 17.6 Å². The van der Waals surface area contributed by atoms with Gasteiger partial charge in [-0.05, 0) is 59.4 Å². The number of nitrogens with two attached hydrogens (primary N) is 1. The van der Waals surface area contributed by atoms with E-state index in [-0.39, 0.29) is 29.9 Å². The Bertz CT molecular complexity index is 1420. The number of phenols is 1. The maximum absolute atomic E-state index is 12.6. The number of phenolic OH excluding ortho intramolecular Hbond substituents is 1. The number of carbonyl (C=O) groups is 2. The summed E-state index contributed by atoms with van der Waals surface area (Å²) in [7, 11) is 0. The van der Waals surface area contributed by atoms with Gasteiger partial charge in [-0.15, -0.1) is 0 Å². The molecule has 0 aliphatic carbocycles. The van der Waals surface area contributed by atoms with Gasteiger partial charge in [0.2, 0.25) is 11.8 Å². The molecule has 2 aromatic carbocycles. The normalized spacial score (nSPS) is 12.1. The first kappa shape index (κ1) is 28.4. The lowest BCUT2D eigenvalue weighted by atomic mass is 9.87. The van der Waals surface area contributed by atoms with Crippen molar-refractivity contribution in [2.45, 2.75) is 51.5 Å². The third-order valence-electron chi connectivity index (χ3n) is 6.59. The smallest absolute Gasteiger partial charge is 0.240 e. The minimum Gasteiger partial charge on any atom is -0.508 e. The summed E-state index contributed by atoms with van der Waals surface area (Å²) in [6, 6.07) is 19.8. The number of hydrogen-bond donors (Lipinski definition) is 4. The molecule has 0 unspecified atom stereocenters. The van der Waals surface area contributed by atoms with Gasteiger partial charge < -0.3 is 21.5 Å². The van der Waals surface area contributed by atoms with Crippen LogP contribution in [0.25, 0.3) is 16.9 Å². The summed E-state index contributed by atoms with van der Waals surface area (Å²) >= 11 is 0. The van der Waals surface area contributed by atoms with Crippen molar-refractivity contribution in [1.82, 2.24) is 20.1 Å². The molecule has 0 radical (unpaired) electrons. The molecule has 0 aliphatic heterocycles. The van der Waals surface area contributed by atoms with Crippen LogP contribution in [0.5, 0.6) is 5.75 Å².